The lowest BCUT2D eigenvalue weighted by molar-refractivity contribution is 0.0607. The number of hydrogen-bond acceptors (Lipinski definition) is 2. The average molecular weight is 293 g/mol. The number of methoxy groups -OCH3 is 1. The molecular weight excluding hydrogens is 265 g/mol. The fraction of sp³-hybridized carbons (Fsp3) is 0.667. The number of halogens is 1. The van der Waals surface area contributed by atoms with Crippen LogP contribution in [0.2, 0.25) is 0 Å². The summed E-state index contributed by atoms with van der Waals surface area (Å²) in [5, 5.41) is 0. The summed E-state index contributed by atoms with van der Waals surface area (Å²) in [6.45, 7) is 7.58. The van der Waals surface area contributed by atoms with E-state index in [9.17, 15) is 4.39 Å². The number of likely N-dealkylation sites (tertiary alicyclic amines) is 1. The largest absolute Gasteiger partial charge is 0.383 e. The van der Waals surface area contributed by atoms with Crippen LogP contribution in [0.3, 0.4) is 0 Å². The molecule has 1 aliphatic rings. The molecule has 1 aromatic rings. The van der Waals surface area contributed by atoms with Crippen molar-refractivity contribution in [3.8, 4) is 0 Å². The van der Waals surface area contributed by atoms with E-state index in [1.165, 1.54) is 31.4 Å². The van der Waals surface area contributed by atoms with Gasteiger partial charge in [-0.05, 0) is 55.5 Å². The van der Waals surface area contributed by atoms with Crippen LogP contribution in [0.5, 0.6) is 0 Å². The smallest absolute Gasteiger partial charge is 0.123 e. The second-order valence-electron chi connectivity index (χ2n) is 6.78. The van der Waals surface area contributed by atoms with Crippen LogP contribution < -0.4 is 0 Å². The first-order valence-corrected chi connectivity index (χ1v) is 8.02. The predicted octanol–water partition coefficient (Wildman–Crippen LogP) is 3.99. The maximum atomic E-state index is 13.1. The van der Waals surface area contributed by atoms with E-state index in [-0.39, 0.29) is 11.2 Å². The third-order valence-corrected chi connectivity index (χ3v) is 4.76. The molecule has 0 radical (unpaired) electrons. The fourth-order valence-electron chi connectivity index (χ4n) is 3.20. The van der Waals surface area contributed by atoms with Crippen LogP contribution in [0.25, 0.3) is 0 Å². The van der Waals surface area contributed by atoms with E-state index in [1.54, 1.807) is 19.2 Å². The van der Waals surface area contributed by atoms with Crippen LogP contribution in [0.15, 0.2) is 24.3 Å². The molecule has 118 valence electrons. The van der Waals surface area contributed by atoms with Crippen molar-refractivity contribution in [3.05, 3.63) is 35.6 Å². The molecule has 1 aromatic carbocycles. The molecule has 0 bridgehead atoms. The van der Waals surface area contributed by atoms with Crippen molar-refractivity contribution < 1.29 is 9.13 Å². The van der Waals surface area contributed by atoms with Crippen molar-refractivity contribution >= 4 is 0 Å². The van der Waals surface area contributed by atoms with Gasteiger partial charge in [0, 0.05) is 13.2 Å². The Hall–Kier alpha value is -0.930. The van der Waals surface area contributed by atoms with Crippen molar-refractivity contribution in [2.75, 3.05) is 26.8 Å². The Kier molecular flexibility index (Phi) is 5.77. The monoisotopic (exact) mass is 293 g/mol. The second kappa shape index (κ2) is 7.37. The zero-order chi connectivity index (χ0) is 15.3. The van der Waals surface area contributed by atoms with Crippen LogP contribution in [0.4, 0.5) is 4.39 Å². The summed E-state index contributed by atoms with van der Waals surface area (Å²) in [7, 11) is 1.79. The normalized spacial score (nSPS) is 20.7. The van der Waals surface area contributed by atoms with E-state index in [0.717, 1.165) is 19.6 Å². The van der Waals surface area contributed by atoms with Crippen LogP contribution in [0.1, 0.15) is 45.1 Å². The molecule has 2 rings (SSSR count). The van der Waals surface area contributed by atoms with Crippen molar-refractivity contribution in [3.63, 3.8) is 0 Å². The van der Waals surface area contributed by atoms with Crippen molar-refractivity contribution in [2.45, 2.75) is 51.0 Å². The molecule has 0 unspecified atom stereocenters. The molecule has 1 aliphatic heterocycles. The SMILES string of the molecule is COC[C@H]1CCCCN1CCC(C)(C)c1ccc(F)cc1. The van der Waals surface area contributed by atoms with E-state index in [4.69, 9.17) is 4.74 Å². The van der Waals surface area contributed by atoms with Gasteiger partial charge in [0.2, 0.25) is 0 Å². The summed E-state index contributed by atoms with van der Waals surface area (Å²) < 4.78 is 18.4. The van der Waals surface area contributed by atoms with Crippen molar-refractivity contribution in [1.82, 2.24) is 4.90 Å². The Bertz CT molecular complexity index is 427. The minimum atomic E-state index is -0.161. The Morgan fingerprint density at radius 3 is 2.62 bits per heavy atom. The number of piperidine rings is 1. The third-order valence-electron chi connectivity index (χ3n) is 4.76. The molecule has 0 spiro atoms. The van der Waals surface area contributed by atoms with Gasteiger partial charge in [-0.3, -0.25) is 4.90 Å². The van der Waals surface area contributed by atoms with Crippen LogP contribution >= 0.6 is 0 Å². The highest BCUT2D eigenvalue weighted by Crippen LogP contribution is 2.28. The van der Waals surface area contributed by atoms with Gasteiger partial charge in [-0.2, -0.15) is 0 Å². The van der Waals surface area contributed by atoms with Gasteiger partial charge < -0.3 is 4.74 Å². The molecule has 21 heavy (non-hydrogen) atoms. The topological polar surface area (TPSA) is 12.5 Å². The lowest BCUT2D eigenvalue weighted by Crippen LogP contribution is -2.44. The Balaban J connectivity index is 1.94. The van der Waals surface area contributed by atoms with Gasteiger partial charge >= 0.3 is 0 Å². The maximum Gasteiger partial charge on any atom is 0.123 e. The van der Waals surface area contributed by atoms with Crippen LogP contribution in [0, 0.1) is 5.82 Å². The Morgan fingerprint density at radius 1 is 1.24 bits per heavy atom. The average Bonchev–Trinajstić information content (AvgIpc) is 2.47. The zero-order valence-electron chi connectivity index (χ0n) is 13.6. The lowest BCUT2D eigenvalue weighted by atomic mass is 9.81. The van der Waals surface area contributed by atoms with Gasteiger partial charge in [-0.15, -0.1) is 0 Å². The number of nitrogens with zero attached hydrogens (tertiary/aromatic N) is 1. The number of hydrogen-bond donors (Lipinski definition) is 0. The van der Waals surface area contributed by atoms with Gasteiger partial charge in [-0.25, -0.2) is 4.39 Å². The van der Waals surface area contributed by atoms with Crippen LogP contribution in [-0.4, -0.2) is 37.7 Å². The van der Waals surface area contributed by atoms with E-state index >= 15 is 0 Å². The summed E-state index contributed by atoms with van der Waals surface area (Å²) in [5.74, 6) is -0.161. The summed E-state index contributed by atoms with van der Waals surface area (Å²) in [6.07, 6.45) is 4.92. The summed E-state index contributed by atoms with van der Waals surface area (Å²) in [5.41, 5.74) is 1.28. The minimum Gasteiger partial charge on any atom is -0.383 e. The Labute approximate surface area is 128 Å². The van der Waals surface area contributed by atoms with E-state index < -0.39 is 0 Å². The standard InChI is InChI=1S/C18H28FNO/c1-18(2,15-7-9-16(19)10-8-15)11-13-20-12-5-4-6-17(20)14-21-3/h7-10,17H,4-6,11-14H2,1-3H3/t17-/m1/s1. The highest BCUT2D eigenvalue weighted by molar-refractivity contribution is 5.24. The molecular formula is C18H28FNO. The van der Waals surface area contributed by atoms with Gasteiger partial charge in [-0.1, -0.05) is 32.4 Å². The molecule has 0 saturated carbocycles. The molecule has 2 nitrogen and oxygen atoms in total. The fourth-order valence-corrected chi connectivity index (χ4v) is 3.20. The summed E-state index contributed by atoms with van der Waals surface area (Å²) in [6, 6.07) is 7.51. The van der Waals surface area contributed by atoms with Gasteiger partial charge in [0.1, 0.15) is 5.82 Å². The van der Waals surface area contributed by atoms with Crippen molar-refractivity contribution in [2.24, 2.45) is 0 Å². The summed E-state index contributed by atoms with van der Waals surface area (Å²) in [4.78, 5) is 2.57. The molecule has 3 heteroatoms. The number of benzene rings is 1. The van der Waals surface area contributed by atoms with Gasteiger partial charge in [0.15, 0.2) is 0 Å². The zero-order valence-corrected chi connectivity index (χ0v) is 13.6. The maximum absolute atomic E-state index is 13.1. The first-order chi connectivity index (χ1) is 10.0. The first-order valence-electron chi connectivity index (χ1n) is 8.02. The second-order valence-corrected chi connectivity index (χ2v) is 6.78. The quantitative estimate of drug-likeness (QED) is 0.786. The highest BCUT2D eigenvalue weighted by atomic mass is 19.1. The molecule has 0 N–H and O–H groups in total. The predicted molar refractivity (Wildman–Crippen MR) is 85.1 cm³/mol. The van der Waals surface area contributed by atoms with E-state index in [0.29, 0.717) is 6.04 Å². The summed E-state index contributed by atoms with van der Waals surface area (Å²) >= 11 is 0. The molecule has 1 fully saturated rings. The Morgan fingerprint density at radius 2 is 1.95 bits per heavy atom. The molecule has 0 aliphatic carbocycles. The molecule has 1 heterocycles. The third kappa shape index (κ3) is 4.52. The minimum absolute atomic E-state index is 0.0722. The lowest BCUT2D eigenvalue weighted by Gasteiger charge is -2.37. The molecule has 1 atom stereocenters. The van der Waals surface area contributed by atoms with Gasteiger partial charge in [0.05, 0.1) is 6.61 Å². The van der Waals surface area contributed by atoms with E-state index in [2.05, 4.69) is 18.7 Å². The number of ether oxygens (including phenoxy) is 1. The van der Waals surface area contributed by atoms with Crippen molar-refractivity contribution in [1.29, 1.82) is 0 Å². The molecule has 1 saturated heterocycles. The van der Waals surface area contributed by atoms with Gasteiger partial charge in [0.25, 0.3) is 0 Å². The van der Waals surface area contributed by atoms with Crippen LogP contribution in [-0.2, 0) is 10.2 Å². The molecule has 0 amide bonds. The highest BCUT2D eigenvalue weighted by Gasteiger charge is 2.26. The number of rotatable bonds is 6. The first kappa shape index (κ1) is 16.4. The van der Waals surface area contributed by atoms with E-state index in [1.807, 2.05) is 12.1 Å². The molecule has 0 aromatic heterocycles.